The lowest BCUT2D eigenvalue weighted by atomic mass is 10.1. The molecular weight excluding hydrogens is 220 g/mol. The lowest BCUT2D eigenvalue weighted by Crippen LogP contribution is -2.44. The number of carbonyl (C=O) groups excluding carboxylic acids is 1. The predicted molar refractivity (Wildman–Crippen MR) is 64.6 cm³/mol. The zero-order valence-electron chi connectivity index (χ0n) is 11.5. The van der Waals surface area contributed by atoms with Gasteiger partial charge in [0.1, 0.15) is 5.60 Å². The Bertz CT molecular complexity index is 259. The second kappa shape index (κ2) is 5.36. The van der Waals surface area contributed by atoms with E-state index in [9.17, 15) is 4.79 Å². The summed E-state index contributed by atoms with van der Waals surface area (Å²) in [5, 5.41) is 0. The van der Waals surface area contributed by atoms with Crippen molar-refractivity contribution in [3.8, 4) is 0 Å². The van der Waals surface area contributed by atoms with Gasteiger partial charge in [0.05, 0.1) is 0 Å². The molecule has 0 saturated carbocycles. The maximum Gasteiger partial charge on any atom is 0.338 e. The Kier molecular flexibility index (Phi) is 4.55. The van der Waals surface area contributed by atoms with Gasteiger partial charge in [-0.3, -0.25) is 0 Å². The third kappa shape index (κ3) is 5.04. The molecule has 0 radical (unpaired) electrons. The molecule has 1 aliphatic rings. The van der Waals surface area contributed by atoms with E-state index in [2.05, 4.69) is 0 Å². The van der Waals surface area contributed by atoms with Crippen LogP contribution in [0.2, 0.25) is 0 Å². The van der Waals surface area contributed by atoms with Crippen molar-refractivity contribution in [3.05, 3.63) is 0 Å². The van der Waals surface area contributed by atoms with Crippen LogP contribution >= 0.6 is 0 Å². The Balaban J connectivity index is 2.51. The number of hydrogen-bond acceptors (Lipinski definition) is 4. The van der Waals surface area contributed by atoms with Gasteiger partial charge in [-0.1, -0.05) is 0 Å². The summed E-state index contributed by atoms with van der Waals surface area (Å²) in [5.41, 5.74) is -1.46. The normalized spacial score (nSPS) is 22.3. The van der Waals surface area contributed by atoms with Gasteiger partial charge in [0.2, 0.25) is 0 Å². The van der Waals surface area contributed by atoms with Gasteiger partial charge in [-0.2, -0.15) is 0 Å². The first-order valence-corrected chi connectivity index (χ1v) is 6.23. The summed E-state index contributed by atoms with van der Waals surface area (Å²) < 4.78 is 16.5. The minimum atomic E-state index is -0.963. The molecule has 0 N–H and O–H groups in total. The lowest BCUT2D eigenvalue weighted by molar-refractivity contribution is -0.231. The van der Waals surface area contributed by atoms with E-state index < -0.39 is 11.2 Å². The molecule has 0 amide bonds. The Morgan fingerprint density at radius 2 is 1.82 bits per heavy atom. The fraction of sp³-hybridized carbons (Fsp3) is 0.923. The summed E-state index contributed by atoms with van der Waals surface area (Å²) in [6.45, 7) is 9.68. The van der Waals surface area contributed by atoms with Gasteiger partial charge in [-0.25, -0.2) is 4.79 Å². The van der Waals surface area contributed by atoms with E-state index in [1.165, 1.54) is 0 Å². The average molecular weight is 244 g/mol. The van der Waals surface area contributed by atoms with Gasteiger partial charge in [-0.05, 0) is 53.9 Å². The summed E-state index contributed by atoms with van der Waals surface area (Å²) >= 11 is 0. The van der Waals surface area contributed by atoms with Gasteiger partial charge >= 0.3 is 5.97 Å². The van der Waals surface area contributed by atoms with E-state index in [1.807, 2.05) is 20.8 Å². The third-order valence-electron chi connectivity index (χ3n) is 2.45. The van der Waals surface area contributed by atoms with Gasteiger partial charge in [0.15, 0.2) is 11.9 Å². The van der Waals surface area contributed by atoms with Crippen molar-refractivity contribution in [2.75, 3.05) is 6.61 Å². The molecule has 0 spiro atoms. The SMILES string of the molecule is CC(C)(C)OC(=O)C(C)(C)OC1CCCCO1. The van der Waals surface area contributed by atoms with Crippen LogP contribution in [-0.4, -0.2) is 30.1 Å². The molecule has 1 saturated heterocycles. The van der Waals surface area contributed by atoms with Crippen LogP contribution in [0.4, 0.5) is 0 Å². The fourth-order valence-electron chi connectivity index (χ4n) is 1.58. The van der Waals surface area contributed by atoms with Crippen LogP contribution in [0.3, 0.4) is 0 Å². The molecule has 1 atom stereocenters. The van der Waals surface area contributed by atoms with E-state index in [-0.39, 0.29) is 12.3 Å². The molecule has 1 fully saturated rings. The van der Waals surface area contributed by atoms with E-state index in [0.29, 0.717) is 6.61 Å². The summed E-state index contributed by atoms with van der Waals surface area (Å²) in [4.78, 5) is 12.0. The van der Waals surface area contributed by atoms with Crippen LogP contribution in [-0.2, 0) is 19.0 Å². The molecule has 0 bridgehead atoms. The molecule has 1 aliphatic heterocycles. The van der Waals surface area contributed by atoms with Gasteiger partial charge in [0, 0.05) is 6.61 Å². The molecule has 1 unspecified atom stereocenters. The van der Waals surface area contributed by atoms with Gasteiger partial charge in [-0.15, -0.1) is 0 Å². The standard InChI is InChI=1S/C13H24O4/c1-12(2,3)17-11(14)13(4,5)16-10-8-6-7-9-15-10/h10H,6-9H2,1-5H3. The topological polar surface area (TPSA) is 44.8 Å². The van der Waals surface area contributed by atoms with E-state index in [4.69, 9.17) is 14.2 Å². The molecule has 1 heterocycles. The maximum absolute atomic E-state index is 12.0. The zero-order chi connectivity index (χ0) is 13.1. The Morgan fingerprint density at radius 1 is 1.18 bits per heavy atom. The zero-order valence-corrected chi connectivity index (χ0v) is 11.5. The number of carbonyl (C=O) groups is 1. The summed E-state index contributed by atoms with van der Waals surface area (Å²) in [6, 6.07) is 0. The van der Waals surface area contributed by atoms with Gasteiger partial charge < -0.3 is 14.2 Å². The van der Waals surface area contributed by atoms with E-state index in [1.54, 1.807) is 13.8 Å². The molecule has 17 heavy (non-hydrogen) atoms. The molecule has 4 heteroatoms. The molecular formula is C13H24O4. The first-order chi connectivity index (χ1) is 7.71. The molecule has 100 valence electrons. The van der Waals surface area contributed by atoms with E-state index in [0.717, 1.165) is 19.3 Å². The smallest absolute Gasteiger partial charge is 0.338 e. The molecule has 0 aromatic carbocycles. The summed E-state index contributed by atoms with van der Waals surface area (Å²) in [6.07, 6.45) is 2.69. The second-order valence-electron chi connectivity index (χ2n) is 5.93. The first-order valence-electron chi connectivity index (χ1n) is 6.23. The molecule has 4 nitrogen and oxygen atoms in total. The number of hydrogen-bond donors (Lipinski definition) is 0. The van der Waals surface area contributed by atoms with Gasteiger partial charge in [0.25, 0.3) is 0 Å². The molecule has 0 aromatic heterocycles. The van der Waals surface area contributed by atoms with Crippen LogP contribution in [0, 0.1) is 0 Å². The van der Waals surface area contributed by atoms with Crippen LogP contribution in [0.1, 0.15) is 53.9 Å². The quantitative estimate of drug-likeness (QED) is 0.716. The van der Waals surface area contributed by atoms with Crippen molar-refractivity contribution in [1.82, 2.24) is 0 Å². The lowest BCUT2D eigenvalue weighted by Gasteiger charge is -2.33. The highest BCUT2D eigenvalue weighted by Crippen LogP contribution is 2.23. The highest BCUT2D eigenvalue weighted by Gasteiger charge is 2.36. The van der Waals surface area contributed by atoms with Crippen molar-refractivity contribution in [3.63, 3.8) is 0 Å². The van der Waals surface area contributed by atoms with Crippen molar-refractivity contribution in [1.29, 1.82) is 0 Å². The van der Waals surface area contributed by atoms with E-state index >= 15 is 0 Å². The summed E-state index contributed by atoms with van der Waals surface area (Å²) in [7, 11) is 0. The number of rotatable bonds is 3. The minimum absolute atomic E-state index is 0.286. The molecule has 0 aromatic rings. The number of esters is 1. The third-order valence-corrected chi connectivity index (χ3v) is 2.45. The Labute approximate surface area is 104 Å². The van der Waals surface area contributed by atoms with Crippen molar-refractivity contribution < 1.29 is 19.0 Å². The highest BCUT2D eigenvalue weighted by atomic mass is 16.7. The Morgan fingerprint density at radius 3 is 2.29 bits per heavy atom. The first kappa shape index (κ1) is 14.5. The fourth-order valence-corrected chi connectivity index (χ4v) is 1.58. The van der Waals surface area contributed by atoms with Crippen LogP contribution in [0.15, 0.2) is 0 Å². The van der Waals surface area contributed by atoms with Crippen molar-refractivity contribution in [2.24, 2.45) is 0 Å². The number of ether oxygens (including phenoxy) is 3. The minimum Gasteiger partial charge on any atom is -0.458 e. The van der Waals surface area contributed by atoms with Crippen LogP contribution in [0.5, 0.6) is 0 Å². The molecule has 1 rings (SSSR count). The van der Waals surface area contributed by atoms with Crippen molar-refractivity contribution >= 4 is 5.97 Å². The average Bonchev–Trinajstić information content (AvgIpc) is 2.15. The van der Waals surface area contributed by atoms with Crippen LogP contribution < -0.4 is 0 Å². The largest absolute Gasteiger partial charge is 0.458 e. The summed E-state index contributed by atoms with van der Waals surface area (Å²) in [5.74, 6) is -0.348. The van der Waals surface area contributed by atoms with Crippen LogP contribution in [0.25, 0.3) is 0 Å². The maximum atomic E-state index is 12.0. The molecule has 0 aliphatic carbocycles. The van der Waals surface area contributed by atoms with Crippen molar-refractivity contribution in [2.45, 2.75) is 71.4 Å². The monoisotopic (exact) mass is 244 g/mol. The predicted octanol–water partition coefficient (Wildman–Crippen LogP) is 2.65. The highest BCUT2D eigenvalue weighted by molar-refractivity contribution is 5.78. The Hall–Kier alpha value is -0.610. The second-order valence-corrected chi connectivity index (χ2v) is 5.93.